The fraction of sp³-hybridized carbons (Fsp3) is 0.176. The highest BCUT2D eigenvalue weighted by Gasteiger charge is 2.30. The van der Waals surface area contributed by atoms with Gasteiger partial charge >= 0.3 is 6.18 Å². The van der Waals surface area contributed by atoms with Gasteiger partial charge in [-0.2, -0.15) is 13.2 Å². The van der Waals surface area contributed by atoms with E-state index < -0.39 is 11.7 Å². The summed E-state index contributed by atoms with van der Waals surface area (Å²) in [6, 6.07) is 8.84. The molecule has 0 aliphatic rings. The van der Waals surface area contributed by atoms with Crippen LogP contribution >= 0.6 is 22.7 Å². The lowest BCUT2D eigenvalue weighted by atomic mass is 10.1. The van der Waals surface area contributed by atoms with Gasteiger partial charge in [0.15, 0.2) is 0 Å². The summed E-state index contributed by atoms with van der Waals surface area (Å²) in [6.07, 6.45) is -4.34. The van der Waals surface area contributed by atoms with Crippen LogP contribution in [0.3, 0.4) is 0 Å². The van der Waals surface area contributed by atoms with Gasteiger partial charge in [0, 0.05) is 22.7 Å². The zero-order valence-electron chi connectivity index (χ0n) is 13.1. The third-order valence-electron chi connectivity index (χ3n) is 3.39. The molecule has 0 fully saturated rings. The van der Waals surface area contributed by atoms with E-state index in [1.54, 1.807) is 0 Å². The van der Waals surface area contributed by atoms with Gasteiger partial charge in [-0.1, -0.05) is 12.1 Å². The van der Waals surface area contributed by atoms with Gasteiger partial charge in [-0.3, -0.25) is 4.79 Å². The Kier molecular flexibility index (Phi) is 4.91. The average molecular weight is 382 g/mol. The van der Waals surface area contributed by atoms with Gasteiger partial charge < -0.3 is 5.32 Å². The number of hydrogen-bond donors (Lipinski definition) is 1. The monoisotopic (exact) mass is 382 g/mol. The minimum absolute atomic E-state index is 0.0896. The Labute approximate surface area is 150 Å². The molecule has 0 radical (unpaired) electrons. The largest absolute Gasteiger partial charge is 0.416 e. The van der Waals surface area contributed by atoms with E-state index in [9.17, 15) is 18.0 Å². The Hall–Kier alpha value is -2.19. The summed E-state index contributed by atoms with van der Waals surface area (Å²) in [5, 5.41) is 5.28. The van der Waals surface area contributed by atoms with Crippen LogP contribution in [0.15, 0.2) is 41.8 Å². The molecule has 1 aromatic carbocycles. The Morgan fingerprint density at radius 2 is 1.88 bits per heavy atom. The summed E-state index contributed by atoms with van der Waals surface area (Å²) in [5.74, 6) is -0.0896. The van der Waals surface area contributed by atoms with Crippen molar-refractivity contribution in [2.24, 2.45) is 0 Å². The van der Waals surface area contributed by atoms with Gasteiger partial charge in [-0.25, -0.2) is 4.98 Å². The third-order valence-corrected chi connectivity index (χ3v) is 5.39. The maximum absolute atomic E-state index is 12.6. The normalized spacial score (nSPS) is 11.5. The maximum Gasteiger partial charge on any atom is 0.416 e. The lowest BCUT2D eigenvalue weighted by molar-refractivity contribution is -0.137. The molecule has 0 spiro atoms. The lowest BCUT2D eigenvalue weighted by Crippen LogP contribution is -2.17. The molecular formula is C17H13F3N2OS2. The number of carbonyl (C=O) groups excluding carboxylic acids is 1. The molecule has 8 heteroatoms. The predicted octanol–water partition coefficient (Wildman–Crippen LogP) is 5.19. The summed E-state index contributed by atoms with van der Waals surface area (Å²) in [5.41, 5.74) is 0.757. The van der Waals surface area contributed by atoms with Crippen LogP contribution in [0.5, 0.6) is 0 Å². The molecule has 2 heterocycles. The van der Waals surface area contributed by atoms with Gasteiger partial charge in [0.2, 0.25) is 5.91 Å². The number of aromatic nitrogens is 1. The predicted molar refractivity (Wildman–Crippen MR) is 93.4 cm³/mol. The number of hydrogen-bond acceptors (Lipinski definition) is 4. The molecule has 0 bridgehead atoms. The minimum atomic E-state index is -4.34. The highest BCUT2D eigenvalue weighted by molar-refractivity contribution is 7.16. The number of benzene rings is 1. The van der Waals surface area contributed by atoms with Gasteiger partial charge in [-0.05, 0) is 24.3 Å². The van der Waals surface area contributed by atoms with Crippen LogP contribution in [-0.4, -0.2) is 10.9 Å². The Bertz CT molecular complexity index is 882. The van der Waals surface area contributed by atoms with Crippen molar-refractivity contribution in [2.75, 3.05) is 0 Å². The van der Waals surface area contributed by atoms with E-state index in [-0.39, 0.29) is 5.91 Å². The fourth-order valence-electron chi connectivity index (χ4n) is 2.14. The minimum Gasteiger partial charge on any atom is -0.351 e. The zero-order chi connectivity index (χ0) is 18.0. The van der Waals surface area contributed by atoms with Crippen molar-refractivity contribution in [3.05, 3.63) is 52.2 Å². The smallest absolute Gasteiger partial charge is 0.351 e. The van der Waals surface area contributed by atoms with Crippen LogP contribution in [0.1, 0.15) is 17.4 Å². The topological polar surface area (TPSA) is 42.0 Å². The Morgan fingerprint density at radius 3 is 2.52 bits per heavy atom. The standard InChI is InChI=1S/C17H13F3N2OS2/c1-10(23)21-8-13-6-7-15(25-13)14-9-24-16(22-14)11-2-4-12(5-3-11)17(18,19)20/h2-7,9H,8H2,1H3,(H,21,23). The first-order chi connectivity index (χ1) is 11.8. The summed E-state index contributed by atoms with van der Waals surface area (Å²) < 4.78 is 37.9. The SMILES string of the molecule is CC(=O)NCc1ccc(-c2csc(-c3ccc(C(F)(F)F)cc3)n2)s1. The molecule has 2 aromatic heterocycles. The van der Waals surface area contributed by atoms with E-state index in [0.717, 1.165) is 27.6 Å². The number of rotatable bonds is 4. The number of thiophene rings is 1. The molecule has 3 nitrogen and oxygen atoms in total. The van der Waals surface area contributed by atoms with E-state index in [0.29, 0.717) is 17.1 Å². The fourth-order valence-corrected chi connectivity index (χ4v) is 3.95. The van der Waals surface area contributed by atoms with E-state index in [4.69, 9.17) is 0 Å². The molecule has 0 aliphatic heterocycles. The van der Waals surface area contributed by atoms with Gasteiger partial charge in [0.05, 0.1) is 22.7 Å². The molecule has 0 aliphatic carbocycles. The summed E-state index contributed by atoms with van der Waals surface area (Å²) >= 11 is 2.91. The van der Waals surface area contributed by atoms with Crippen LogP contribution in [0.25, 0.3) is 21.1 Å². The molecule has 3 aromatic rings. The maximum atomic E-state index is 12.6. The summed E-state index contributed by atoms with van der Waals surface area (Å²) in [6.45, 7) is 1.93. The van der Waals surface area contributed by atoms with E-state index >= 15 is 0 Å². The first-order valence-corrected chi connectivity index (χ1v) is 8.99. The summed E-state index contributed by atoms with van der Waals surface area (Å²) in [7, 11) is 0. The molecule has 1 N–H and O–H groups in total. The van der Waals surface area contributed by atoms with Crippen molar-refractivity contribution in [3.8, 4) is 21.1 Å². The van der Waals surface area contributed by atoms with Crippen molar-refractivity contribution in [3.63, 3.8) is 0 Å². The number of carbonyl (C=O) groups is 1. The molecule has 0 unspecified atom stereocenters. The quantitative estimate of drug-likeness (QED) is 0.674. The second kappa shape index (κ2) is 6.97. The Balaban J connectivity index is 1.77. The van der Waals surface area contributed by atoms with Gasteiger partial charge in [0.25, 0.3) is 0 Å². The summed E-state index contributed by atoms with van der Waals surface area (Å²) in [4.78, 5) is 17.4. The number of nitrogens with zero attached hydrogens (tertiary/aromatic N) is 1. The van der Waals surface area contributed by atoms with E-state index in [1.165, 1.54) is 41.7 Å². The first kappa shape index (κ1) is 17.6. The number of amides is 1. The molecule has 130 valence electrons. The zero-order valence-corrected chi connectivity index (χ0v) is 14.7. The molecule has 25 heavy (non-hydrogen) atoms. The van der Waals surface area contributed by atoms with E-state index in [1.807, 2.05) is 17.5 Å². The second-order valence-corrected chi connectivity index (χ2v) is 7.32. The van der Waals surface area contributed by atoms with Crippen molar-refractivity contribution >= 4 is 28.6 Å². The van der Waals surface area contributed by atoms with Gasteiger partial charge in [0.1, 0.15) is 5.01 Å². The van der Waals surface area contributed by atoms with Crippen LogP contribution in [-0.2, 0) is 17.5 Å². The second-order valence-electron chi connectivity index (χ2n) is 5.29. The van der Waals surface area contributed by atoms with Crippen LogP contribution in [0.4, 0.5) is 13.2 Å². The van der Waals surface area contributed by atoms with Crippen LogP contribution < -0.4 is 5.32 Å². The van der Waals surface area contributed by atoms with Crippen molar-refractivity contribution in [1.29, 1.82) is 0 Å². The highest BCUT2D eigenvalue weighted by atomic mass is 32.1. The number of nitrogens with one attached hydrogen (secondary N) is 1. The third kappa shape index (κ3) is 4.26. The Morgan fingerprint density at radius 1 is 1.16 bits per heavy atom. The number of alkyl halides is 3. The van der Waals surface area contributed by atoms with Crippen LogP contribution in [0, 0.1) is 0 Å². The molecule has 0 atom stereocenters. The molecule has 3 rings (SSSR count). The van der Waals surface area contributed by atoms with E-state index in [2.05, 4.69) is 10.3 Å². The highest BCUT2D eigenvalue weighted by Crippen LogP contribution is 2.34. The first-order valence-electron chi connectivity index (χ1n) is 7.29. The molecule has 0 saturated heterocycles. The molecule has 0 saturated carbocycles. The van der Waals surface area contributed by atoms with Crippen molar-refractivity contribution in [1.82, 2.24) is 10.3 Å². The van der Waals surface area contributed by atoms with Crippen molar-refractivity contribution in [2.45, 2.75) is 19.6 Å². The molecular weight excluding hydrogens is 369 g/mol. The van der Waals surface area contributed by atoms with Crippen LogP contribution in [0.2, 0.25) is 0 Å². The van der Waals surface area contributed by atoms with Crippen molar-refractivity contribution < 1.29 is 18.0 Å². The number of thiazole rings is 1. The number of halogens is 3. The van der Waals surface area contributed by atoms with Gasteiger partial charge in [-0.15, -0.1) is 22.7 Å². The lowest BCUT2D eigenvalue weighted by Gasteiger charge is -2.06. The average Bonchev–Trinajstić information content (AvgIpc) is 3.21. The molecule has 1 amide bonds.